The number of hydrogen-bond donors (Lipinski definition) is 2. The van der Waals surface area contributed by atoms with Crippen LogP contribution in [0.5, 0.6) is 0 Å². The van der Waals surface area contributed by atoms with Gasteiger partial charge >= 0.3 is 6.18 Å². The van der Waals surface area contributed by atoms with Crippen LogP contribution in [-0.4, -0.2) is 27.6 Å². The topological polar surface area (TPSA) is 70.7 Å². The lowest BCUT2D eigenvalue weighted by molar-refractivity contribution is -0.137. The number of nitrogens with one attached hydrogen (secondary N) is 2. The normalized spacial score (nSPS) is 11.3. The van der Waals surface area contributed by atoms with E-state index in [1.54, 1.807) is 0 Å². The summed E-state index contributed by atoms with van der Waals surface area (Å²) in [5.41, 5.74) is -0.877. The molecule has 0 radical (unpaired) electrons. The molecule has 1 amide bonds. The third-order valence-electron chi connectivity index (χ3n) is 2.56. The molecule has 0 aliphatic heterocycles. The number of alkyl halides is 3. The number of halogens is 3. The van der Waals surface area contributed by atoms with E-state index >= 15 is 0 Å². The van der Waals surface area contributed by atoms with Gasteiger partial charge in [-0.3, -0.25) is 9.89 Å². The highest BCUT2D eigenvalue weighted by molar-refractivity contribution is 5.94. The van der Waals surface area contributed by atoms with Crippen LogP contribution < -0.4 is 5.32 Å². The van der Waals surface area contributed by atoms with E-state index in [2.05, 4.69) is 20.5 Å². The van der Waals surface area contributed by atoms with E-state index in [-0.39, 0.29) is 12.1 Å². The summed E-state index contributed by atoms with van der Waals surface area (Å²) in [5, 5.41) is 8.78. The first-order chi connectivity index (χ1) is 9.47. The molecule has 106 valence electrons. The Bertz CT molecular complexity index is 581. The SMILES string of the molecule is O=C(NCCc1ncn[nH]1)c1cccc(C(F)(F)F)c1. The zero-order chi connectivity index (χ0) is 14.6. The van der Waals surface area contributed by atoms with Crippen molar-refractivity contribution in [2.45, 2.75) is 12.6 Å². The maximum absolute atomic E-state index is 12.5. The Morgan fingerprint density at radius 2 is 2.15 bits per heavy atom. The van der Waals surface area contributed by atoms with E-state index in [0.29, 0.717) is 12.2 Å². The number of amides is 1. The van der Waals surface area contributed by atoms with Crippen LogP contribution in [-0.2, 0) is 12.6 Å². The van der Waals surface area contributed by atoms with Gasteiger partial charge in [-0.25, -0.2) is 4.98 Å². The second kappa shape index (κ2) is 5.72. The lowest BCUT2D eigenvalue weighted by Gasteiger charge is -2.08. The quantitative estimate of drug-likeness (QED) is 0.899. The van der Waals surface area contributed by atoms with Crippen molar-refractivity contribution in [1.82, 2.24) is 20.5 Å². The van der Waals surface area contributed by atoms with Gasteiger partial charge in [-0.05, 0) is 18.2 Å². The summed E-state index contributed by atoms with van der Waals surface area (Å²) < 4.78 is 37.6. The zero-order valence-electron chi connectivity index (χ0n) is 10.2. The minimum atomic E-state index is -4.46. The number of carbonyl (C=O) groups is 1. The van der Waals surface area contributed by atoms with Crippen LogP contribution in [0.1, 0.15) is 21.7 Å². The molecule has 20 heavy (non-hydrogen) atoms. The molecule has 5 nitrogen and oxygen atoms in total. The lowest BCUT2D eigenvalue weighted by Crippen LogP contribution is -2.26. The summed E-state index contributed by atoms with van der Waals surface area (Å²) in [7, 11) is 0. The number of aromatic nitrogens is 3. The van der Waals surface area contributed by atoms with E-state index in [9.17, 15) is 18.0 Å². The molecule has 0 fully saturated rings. The Hall–Kier alpha value is -2.38. The molecule has 8 heteroatoms. The van der Waals surface area contributed by atoms with Crippen molar-refractivity contribution in [3.63, 3.8) is 0 Å². The van der Waals surface area contributed by atoms with Gasteiger partial charge in [-0.1, -0.05) is 6.07 Å². The fourth-order valence-electron chi connectivity index (χ4n) is 1.58. The summed E-state index contributed by atoms with van der Waals surface area (Å²) in [6.45, 7) is 0.254. The smallest absolute Gasteiger partial charge is 0.352 e. The standard InChI is InChI=1S/C12H11F3N4O/c13-12(14,15)9-3-1-2-8(6-9)11(20)16-5-4-10-17-7-18-19-10/h1-3,6-7H,4-5H2,(H,16,20)(H,17,18,19). The average molecular weight is 284 g/mol. The predicted molar refractivity (Wildman–Crippen MR) is 63.9 cm³/mol. The van der Waals surface area contributed by atoms with Crippen LogP contribution in [0.3, 0.4) is 0 Å². The Labute approximate surface area is 112 Å². The van der Waals surface area contributed by atoms with Crippen molar-refractivity contribution in [2.24, 2.45) is 0 Å². The Morgan fingerprint density at radius 3 is 2.80 bits per heavy atom. The highest BCUT2D eigenvalue weighted by Gasteiger charge is 2.30. The summed E-state index contributed by atoms with van der Waals surface area (Å²) in [5.74, 6) is 0.0324. The molecule has 0 atom stereocenters. The second-order valence-electron chi connectivity index (χ2n) is 4.02. The lowest BCUT2D eigenvalue weighted by atomic mass is 10.1. The van der Waals surface area contributed by atoms with Gasteiger partial charge in [-0.2, -0.15) is 18.3 Å². The van der Waals surface area contributed by atoms with Crippen LogP contribution in [0.2, 0.25) is 0 Å². The van der Waals surface area contributed by atoms with Gasteiger partial charge in [0.25, 0.3) is 5.91 Å². The highest BCUT2D eigenvalue weighted by Crippen LogP contribution is 2.29. The zero-order valence-corrected chi connectivity index (χ0v) is 10.2. The molecule has 1 heterocycles. The molecule has 2 rings (SSSR count). The predicted octanol–water partition coefficient (Wildman–Crippen LogP) is 1.80. The summed E-state index contributed by atoms with van der Waals surface area (Å²) in [4.78, 5) is 15.6. The summed E-state index contributed by atoms with van der Waals surface area (Å²) >= 11 is 0. The Kier molecular flexibility index (Phi) is 4.02. The molecule has 0 aliphatic rings. The van der Waals surface area contributed by atoms with Crippen molar-refractivity contribution < 1.29 is 18.0 Å². The van der Waals surface area contributed by atoms with Crippen molar-refractivity contribution in [2.75, 3.05) is 6.54 Å². The Morgan fingerprint density at radius 1 is 1.35 bits per heavy atom. The van der Waals surface area contributed by atoms with Gasteiger partial charge in [0.2, 0.25) is 0 Å². The van der Waals surface area contributed by atoms with Crippen LogP contribution in [0.15, 0.2) is 30.6 Å². The molecule has 1 aromatic heterocycles. The first kappa shape index (κ1) is 14.0. The number of benzene rings is 1. The van der Waals surface area contributed by atoms with E-state index in [0.717, 1.165) is 12.1 Å². The molecule has 2 N–H and O–H groups in total. The molecule has 0 unspecified atom stereocenters. The maximum atomic E-state index is 12.5. The number of hydrogen-bond acceptors (Lipinski definition) is 3. The minimum absolute atomic E-state index is 0.0302. The van der Waals surface area contributed by atoms with E-state index in [1.165, 1.54) is 18.5 Å². The van der Waals surface area contributed by atoms with Gasteiger partial charge in [0.1, 0.15) is 12.2 Å². The van der Waals surface area contributed by atoms with Gasteiger partial charge in [0.05, 0.1) is 5.56 Å². The third-order valence-corrected chi connectivity index (χ3v) is 2.56. The Balaban J connectivity index is 1.95. The van der Waals surface area contributed by atoms with Gasteiger partial charge < -0.3 is 5.32 Å². The first-order valence-corrected chi connectivity index (χ1v) is 5.76. The first-order valence-electron chi connectivity index (χ1n) is 5.76. The third kappa shape index (κ3) is 3.56. The number of H-pyrrole nitrogens is 1. The van der Waals surface area contributed by atoms with Gasteiger partial charge in [0, 0.05) is 18.5 Å². The summed E-state index contributed by atoms with van der Waals surface area (Å²) in [6.07, 6.45) is -2.70. The molecule has 0 saturated heterocycles. The molecular formula is C12H11F3N4O. The largest absolute Gasteiger partial charge is 0.416 e. The molecule has 0 bridgehead atoms. The van der Waals surface area contributed by atoms with Gasteiger partial charge in [0.15, 0.2) is 0 Å². The van der Waals surface area contributed by atoms with Crippen molar-refractivity contribution in [3.05, 3.63) is 47.5 Å². The molecular weight excluding hydrogens is 273 g/mol. The molecule has 1 aromatic carbocycles. The molecule has 0 spiro atoms. The highest BCUT2D eigenvalue weighted by atomic mass is 19.4. The number of aromatic amines is 1. The van der Waals surface area contributed by atoms with Crippen molar-refractivity contribution in [3.8, 4) is 0 Å². The van der Waals surface area contributed by atoms with Gasteiger partial charge in [-0.15, -0.1) is 0 Å². The monoisotopic (exact) mass is 284 g/mol. The second-order valence-corrected chi connectivity index (χ2v) is 4.02. The van der Waals surface area contributed by atoms with Crippen LogP contribution in [0.4, 0.5) is 13.2 Å². The average Bonchev–Trinajstić information content (AvgIpc) is 2.91. The van der Waals surface area contributed by atoms with Crippen molar-refractivity contribution >= 4 is 5.91 Å². The number of nitrogens with zero attached hydrogens (tertiary/aromatic N) is 2. The molecule has 2 aromatic rings. The van der Waals surface area contributed by atoms with Crippen LogP contribution >= 0.6 is 0 Å². The maximum Gasteiger partial charge on any atom is 0.416 e. The van der Waals surface area contributed by atoms with E-state index in [1.807, 2.05) is 0 Å². The fourth-order valence-corrected chi connectivity index (χ4v) is 1.58. The van der Waals surface area contributed by atoms with Crippen molar-refractivity contribution in [1.29, 1.82) is 0 Å². The number of rotatable bonds is 4. The number of carbonyl (C=O) groups excluding carboxylic acids is 1. The fraction of sp³-hybridized carbons (Fsp3) is 0.250. The van der Waals surface area contributed by atoms with Crippen LogP contribution in [0.25, 0.3) is 0 Å². The van der Waals surface area contributed by atoms with E-state index in [4.69, 9.17) is 0 Å². The van der Waals surface area contributed by atoms with Crippen LogP contribution in [0, 0.1) is 0 Å². The molecule has 0 saturated carbocycles. The van der Waals surface area contributed by atoms with E-state index < -0.39 is 17.6 Å². The minimum Gasteiger partial charge on any atom is -0.352 e. The molecule has 0 aliphatic carbocycles. The summed E-state index contributed by atoms with van der Waals surface area (Å²) in [6, 6.07) is 4.28.